The van der Waals surface area contributed by atoms with Crippen LogP contribution in [0.1, 0.15) is 22.4 Å². The number of anilines is 1. The summed E-state index contributed by atoms with van der Waals surface area (Å²) in [4.78, 5) is 29.4. The van der Waals surface area contributed by atoms with Crippen LogP contribution in [0.25, 0.3) is 0 Å². The minimum atomic E-state index is -0.606. The van der Waals surface area contributed by atoms with Crippen molar-refractivity contribution in [2.45, 2.75) is 13.8 Å². The molecular weight excluding hydrogens is 307 g/mol. The summed E-state index contributed by atoms with van der Waals surface area (Å²) in [6, 6.07) is 5.77. The molecule has 0 aliphatic carbocycles. The van der Waals surface area contributed by atoms with Crippen molar-refractivity contribution in [3.63, 3.8) is 0 Å². The van der Waals surface area contributed by atoms with Gasteiger partial charge in [-0.2, -0.15) is 0 Å². The summed E-state index contributed by atoms with van der Waals surface area (Å²) in [5.41, 5.74) is 0.196. The fraction of sp³-hybridized carbons (Fsp3) is 0.267. The molecule has 0 fully saturated rings. The van der Waals surface area contributed by atoms with Crippen LogP contribution in [-0.2, 0) is 9.53 Å². The van der Waals surface area contributed by atoms with Gasteiger partial charge >= 0.3 is 5.97 Å². The molecule has 116 valence electrons. The van der Waals surface area contributed by atoms with Gasteiger partial charge in [0.15, 0.2) is 0 Å². The molecule has 0 saturated heterocycles. The second-order valence-corrected chi connectivity index (χ2v) is 5.46. The van der Waals surface area contributed by atoms with E-state index in [9.17, 15) is 14.0 Å². The summed E-state index contributed by atoms with van der Waals surface area (Å²) in [6.07, 6.45) is 0. The number of hydrogen-bond acceptors (Lipinski definition) is 5. The van der Waals surface area contributed by atoms with Gasteiger partial charge in [0, 0.05) is 5.38 Å². The van der Waals surface area contributed by atoms with E-state index >= 15 is 0 Å². The van der Waals surface area contributed by atoms with Crippen molar-refractivity contribution in [2.24, 2.45) is 0 Å². The van der Waals surface area contributed by atoms with Crippen LogP contribution < -0.4 is 4.90 Å². The first-order valence-electron chi connectivity index (χ1n) is 6.67. The van der Waals surface area contributed by atoms with Crippen LogP contribution in [-0.4, -0.2) is 30.0 Å². The number of halogens is 1. The van der Waals surface area contributed by atoms with Gasteiger partial charge in [-0.1, -0.05) is 12.1 Å². The number of nitrogens with zero attached hydrogens (tertiary/aromatic N) is 2. The van der Waals surface area contributed by atoms with Gasteiger partial charge < -0.3 is 4.74 Å². The van der Waals surface area contributed by atoms with Crippen LogP contribution >= 0.6 is 11.3 Å². The van der Waals surface area contributed by atoms with Crippen LogP contribution in [0.5, 0.6) is 0 Å². The first-order valence-corrected chi connectivity index (χ1v) is 7.55. The first kappa shape index (κ1) is 16.1. The van der Waals surface area contributed by atoms with Gasteiger partial charge in [-0.3, -0.25) is 14.5 Å². The maximum absolute atomic E-state index is 14.0. The molecule has 0 aliphatic heterocycles. The highest BCUT2D eigenvalue weighted by Gasteiger charge is 2.25. The summed E-state index contributed by atoms with van der Waals surface area (Å²) in [5, 5.41) is 2.30. The molecule has 0 bridgehead atoms. The van der Waals surface area contributed by atoms with E-state index in [0.717, 1.165) is 4.90 Å². The summed E-state index contributed by atoms with van der Waals surface area (Å²) >= 11 is 1.31. The van der Waals surface area contributed by atoms with E-state index in [-0.39, 0.29) is 24.5 Å². The van der Waals surface area contributed by atoms with E-state index in [0.29, 0.717) is 5.01 Å². The Labute approximate surface area is 131 Å². The number of esters is 1. The van der Waals surface area contributed by atoms with E-state index in [2.05, 4.69) is 4.98 Å². The molecule has 2 rings (SSSR count). The van der Waals surface area contributed by atoms with Gasteiger partial charge in [-0.25, -0.2) is 9.37 Å². The van der Waals surface area contributed by atoms with Crippen LogP contribution in [0.15, 0.2) is 29.6 Å². The van der Waals surface area contributed by atoms with Crippen molar-refractivity contribution in [1.29, 1.82) is 0 Å². The summed E-state index contributed by atoms with van der Waals surface area (Å²) in [6.45, 7) is 3.25. The predicted octanol–water partition coefficient (Wildman–Crippen LogP) is 2.80. The fourth-order valence-corrected chi connectivity index (χ4v) is 2.46. The molecule has 1 heterocycles. The molecule has 0 atom stereocenters. The van der Waals surface area contributed by atoms with E-state index in [1.54, 1.807) is 25.3 Å². The standard InChI is InChI=1S/C15H15FN2O3S/c1-3-21-14(19)8-18(13-7-5-4-6-11(13)16)15(20)12-9-22-10(2)17-12/h4-7,9H,3,8H2,1-2H3. The van der Waals surface area contributed by atoms with Gasteiger partial charge in [-0.05, 0) is 26.0 Å². The normalized spacial score (nSPS) is 10.3. The molecule has 0 radical (unpaired) electrons. The van der Waals surface area contributed by atoms with Gasteiger partial charge in [-0.15, -0.1) is 11.3 Å². The van der Waals surface area contributed by atoms with E-state index in [1.165, 1.54) is 29.5 Å². The number of aromatic nitrogens is 1. The fourth-order valence-electron chi connectivity index (χ4n) is 1.87. The predicted molar refractivity (Wildman–Crippen MR) is 81.6 cm³/mol. The van der Waals surface area contributed by atoms with Crippen molar-refractivity contribution in [1.82, 2.24) is 4.98 Å². The zero-order valence-electron chi connectivity index (χ0n) is 12.2. The molecule has 0 spiro atoms. The first-order chi connectivity index (χ1) is 10.5. The highest BCUT2D eigenvalue weighted by Crippen LogP contribution is 2.21. The lowest BCUT2D eigenvalue weighted by molar-refractivity contribution is -0.141. The molecule has 7 heteroatoms. The third-order valence-electron chi connectivity index (χ3n) is 2.82. The molecule has 0 aliphatic rings. The number of benzene rings is 1. The number of rotatable bonds is 5. The molecule has 1 amide bonds. The Balaban J connectivity index is 2.35. The number of ether oxygens (including phenoxy) is 1. The summed E-state index contributed by atoms with van der Waals surface area (Å²) in [7, 11) is 0. The average molecular weight is 322 g/mol. The Hall–Kier alpha value is -2.28. The molecule has 0 N–H and O–H groups in total. The Morgan fingerprint density at radius 2 is 2.09 bits per heavy atom. The molecule has 0 unspecified atom stereocenters. The molecule has 1 aromatic carbocycles. The maximum Gasteiger partial charge on any atom is 0.326 e. The van der Waals surface area contributed by atoms with E-state index < -0.39 is 17.7 Å². The highest BCUT2D eigenvalue weighted by molar-refractivity contribution is 7.09. The number of aryl methyl sites for hydroxylation is 1. The zero-order valence-corrected chi connectivity index (χ0v) is 13.0. The quantitative estimate of drug-likeness (QED) is 0.794. The lowest BCUT2D eigenvalue weighted by atomic mass is 10.2. The maximum atomic E-state index is 14.0. The van der Waals surface area contributed by atoms with Gasteiger partial charge in [0.1, 0.15) is 18.1 Å². The molecule has 1 aromatic heterocycles. The second kappa shape index (κ2) is 7.13. The summed E-state index contributed by atoms with van der Waals surface area (Å²) in [5.74, 6) is -1.74. The summed E-state index contributed by atoms with van der Waals surface area (Å²) < 4.78 is 18.8. The Morgan fingerprint density at radius 3 is 2.68 bits per heavy atom. The SMILES string of the molecule is CCOC(=O)CN(C(=O)c1csc(C)n1)c1ccccc1F. The largest absolute Gasteiger partial charge is 0.465 e. The number of thiazole rings is 1. The van der Waals surface area contributed by atoms with Crippen molar-refractivity contribution in [3.05, 3.63) is 46.2 Å². The third kappa shape index (κ3) is 3.67. The van der Waals surface area contributed by atoms with Gasteiger partial charge in [0.05, 0.1) is 17.3 Å². The van der Waals surface area contributed by atoms with Crippen LogP contribution in [0.4, 0.5) is 10.1 Å². The molecule has 0 saturated carbocycles. The van der Waals surface area contributed by atoms with Crippen molar-refractivity contribution < 1.29 is 18.7 Å². The molecule has 22 heavy (non-hydrogen) atoms. The second-order valence-electron chi connectivity index (χ2n) is 4.40. The minimum absolute atomic E-state index is 0.0196. The monoisotopic (exact) mass is 322 g/mol. The third-order valence-corrected chi connectivity index (χ3v) is 3.59. The van der Waals surface area contributed by atoms with Crippen molar-refractivity contribution in [2.75, 3.05) is 18.1 Å². The van der Waals surface area contributed by atoms with E-state index in [4.69, 9.17) is 4.74 Å². The Morgan fingerprint density at radius 1 is 1.36 bits per heavy atom. The number of carbonyl (C=O) groups excluding carboxylic acids is 2. The van der Waals surface area contributed by atoms with Crippen LogP contribution in [0.3, 0.4) is 0 Å². The number of hydrogen-bond donors (Lipinski definition) is 0. The van der Waals surface area contributed by atoms with Crippen LogP contribution in [0.2, 0.25) is 0 Å². The van der Waals surface area contributed by atoms with Crippen molar-refractivity contribution in [3.8, 4) is 0 Å². The number of para-hydroxylation sites is 1. The lowest BCUT2D eigenvalue weighted by Crippen LogP contribution is -2.37. The lowest BCUT2D eigenvalue weighted by Gasteiger charge is -2.21. The number of carbonyl (C=O) groups is 2. The number of amides is 1. The molecule has 2 aromatic rings. The molecular formula is C15H15FN2O3S. The zero-order chi connectivity index (χ0) is 16.1. The van der Waals surface area contributed by atoms with Crippen molar-refractivity contribution >= 4 is 28.9 Å². The van der Waals surface area contributed by atoms with Gasteiger partial charge in [0.2, 0.25) is 0 Å². The minimum Gasteiger partial charge on any atom is -0.465 e. The average Bonchev–Trinajstić information content (AvgIpc) is 2.92. The van der Waals surface area contributed by atoms with E-state index in [1.807, 2.05) is 0 Å². The Kier molecular flexibility index (Phi) is 5.21. The molecule has 5 nitrogen and oxygen atoms in total. The van der Waals surface area contributed by atoms with Crippen LogP contribution in [0, 0.1) is 12.7 Å². The topological polar surface area (TPSA) is 59.5 Å². The van der Waals surface area contributed by atoms with Gasteiger partial charge in [0.25, 0.3) is 5.91 Å². The smallest absolute Gasteiger partial charge is 0.326 e. The highest BCUT2D eigenvalue weighted by atomic mass is 32.1. The Bertz CT molecular complexity index is 687.